The van der Waals surface area contributed by atoms with Crippen LogP contribution in [0.25, 0.3) is 0 Å². The summed E-state index contributed by atoms with van der Waals surface area (Å²) in [6.07, 6.45) is 2.71. The van der Waals surface area contributed by atoms with Gasteiger partial charge in [0.05, 0.1) is 0 Å². The van der Waals surface area contributed by atoms with Gasteiger partial charge in [-0.2, -0.15) is 0 Å². The Morgan fingerprint density at radius 2 is 1.76 bits per heavy atom. The molecule has 4 heteroatoms. The predicted octanol–water partition coefficient (Wildman–Crippen LogP) is 2.96. The Balaban J connectivity index is 3.04. The summed E-state index contributed by atoms with van der Waals surface area (Å²) < 4.78 is 0. The Kier molecular flexibility index (Phi) is 5.83. The number of amides is 2. The van der Waals surface area contributed by atoms with Gasteiger partial charge in [-0.1, -0.05) is 48.0 Å². The zero-order valence-corrected chi connectivity index (χ0v) is 14.7. The molecule has 0 aromatic heterocycles. The van der Waals surface area contributed by atoms with Crippen LogP contribution in [0.5, 0.6) is 0 Å². The molecule has 21 heavy (non-hydrogen) atoms. The van der Waals surface area contributed by atoms with Crippen LogP contribution in [0.3, 0.4) is 0 Å². The number of piperazine rings is 1. The summed E-state index contributed by atoms with van der Waals surface area (Å²) in [7, 11) is 0. The van der Waals surface area contributed by atoms with E-state index in [0.717, 1.165) is 12.8 Å². The first kappa shape index (κ1) is 18.0. The molecule has 4 nitrogen and oxygen atoms in total. The average molecular weight is 296 g/mol. The molecule has 4 unspecified atom stereocenters. The minimum Gasteiger partial charge on any atom is -0.342 e. The Morgan fingerprint density at radius 3 is 2.19 bits per heavy atom. The molecule has 0 aromatic carbocycles. The molecule has 2 amide bonds. The molecule has 0 aliphatic carbocycles. The Labute approximate surface area is 129 Å². The van der Waals surface area contributed by atoms with Crippen molar-refractivity contribution >= 4 is 11.8 Å². The van der Waals surface area contributed by atoms with Crippen molar-refractivity contribution in [2.24, 2.45) is 11.3 Å². The van der Waals surface area contributed by atoms with Gasteiger partial charge in [0.1, 0.15) is 12.1 Å². The largest absolute Gasteiger partial charge is 0.342 e. The van der Waals surface area contributed by atoms with Gasteiger partial charge in [0.15, 0.2) is 0 Å². The van der Waals surface area contributed by atoms with E-state index >= 15 is 0 Å². The average Bonchev–Trinajstić information content (AvgIpc) is 2.38. The van der Waals surface area contributed by atoms with E-state index in [1.54, 1.807) is 0 Å². The van der Waals surface area contributed by atoms with Gasteiger partial charge >= 0.3 is 0 Å². The fourth-order valence-corrected chi connectivity index (χ4v) is 3.09. The van der Waals surface area contributed by atoms with Crippen LogP contribution in [0, 0.1) is 11.3 Å². The van der Waals surface area contributed by atoms with E-state index in [2.05, 4.69) is 26.1 Å². The van der Waals surface area contributed by atoms with Gasteiger partial charge in [-0.25, -0.2) is 0 Å². The maximum Gasteiger partial charge on any atom is 0.246 e. The van der Waals surface area contributed by atoms with Crippen molar-refractivity contribution in [1.29, 1.82) is 0 Å². The number of nitrogens with zero attached hydrogens (tertiary/aromatic N) is 1. The lowest BCUT2D eigenvalue weighted by Crippen LogP contribution is -2.68. The molecule has 0 aromatic rings. The highest BCUT2D eigenvalue weighted by atomic mass is 16.2. The van der Waals surface area contributed by atoms with E-state index in [0.29, 0.717) is 12.3 Å². The lowest BCUT2D eigenvalue weighted by atomic mass is 9.83. The predicted molar refractivity (Wildman–Crippen MR) is 85.8 cm³/mol. The van der Waals surface area contributed by atoms with Crippen LogP contribution < -0.4 is 5.32 Å². The minimum absolute atomic E-state index is 0.00646. The molecule has 1 saturated heterocycles. The standard InChI is InChI=1S/C17H32N2O2/c1-8-11(3)10-12(4)19-13(9-2)15(20)18-14(16(19)21)17(5,6)7/h11-14H,8-10H2,1-7H3,(H,18,20). The van der Waals surface area contributed by atoms with E-state index in [9.17, 15) is 9.59 Å². The van der Waals surface area contributed by atoms with Gasteiger partial charge in [0, 0.05) is 6.04 Å². The molecule has 4 atom stereocenters. The van der Waals surface area contributed by atoms with Crippen molar-refractivity contribution < 1.29 is 9.59 Å². The highest BCUT2D eigenvalue weighted by Gasteiger charge is 2.46. The summed E-state index contributed by atoms with van der Waals surface area (Å²) >= 11 is 0. The first-order chi connectivity index (χ1) is 9.63. The molecule has 0 bridgehead atoms. The highest BCUT2D eigenvalue weighted by molar-refractivity contribution is 5.97. The fourth-order valence-electron chi connectivity index (χ4n) is 3.09. The Bertz CT molecular complexity index is 387. The topological polar surface area (TPSA) is 49.4 Å². The van der Waals surface area contributed by atoms with Gasteiger partial charge in [0.2, 0.25) is 11.8 Å². The lowest BCUT2D eigenvalue weighted by Gasteiger charge is -2.46. The van der Waals surface area contributed by atoms with Gasteiger partial charge < -0.3 is 10.2 Å². The monoisotopic (exact) mass is 296 g/mol. The molecule has 1 aliphatic rings. The second kappa shape index (κ2) is 6.80. The third-order valence-electron chi connectivity index (χ3n) is 4.59. The fraction of sp³-hybridized carbons (Fsp3) is 0.882. The van der Waals surface area contributed by atoms with Crippen LogP contribution in [0.4, 0.5) is 0 Å². The Hall–Kier alpha value is -1.06. The smallest absolute Gasteiger partial charge is 0.246 e. The van der Waals surface area contributed by atoms with Crippen molar-refractivity contribution in [3.05, 3.63) is 0 Å². The first-order valence-electron chi connectivity index (χ1n) is 8.25. The summed E-state index contributed by atoms with van der Waals surface area (Å²) in [6.45, 7) is 14.4. The SMILES string of the molecule is CCC(C)CC(C)N1C(=O)C(C(C)(C)C)NC(=O)C1CC. The third kappa shape index (κ3) is 3.98. The summed E-state index contributed by atoms with van der Waals surface area (Å²) in [5.41, 5.74) is -0.264. The van der Waals surface area contributed by atoms with E-state index in [1.165, 1.54) is 0 Å². The molecular formula is C17H32N2O2. The number of carbonyl (C=O) groups excluding carboxylic acids is 2. The van der Waals surface area contributed by atoms with Crippen molar-refractivity contribution in [1.82, 2.24) is 10.2 Å². The number of nitrogens with one attached hydrogen (secondary N) is 1. The van der Waals surface area contributed by atoms with Crippen LogP contribution >= 0.6 is 0 Å². The van der Waals surface area contributed by atoms with E-state index < -0.39 is 6.04 Å². The van der Waals surface area contributed by atoms with Gasteiger partial charge in [-0.15, -0.1) is 0 Å². The van der Waals surface area contributed by atoms with Crippen molar-refractivity contribution in [2.45, 2.75) is 85.9 Å². The second-order valence-corrected chi connectivity index (χ2v) is 7.58. The maximum atomic E-state index is 12.9. The zero-order chi connectivity index (χ0) is 16.4. The number of hydrogen-bond acceptors (Lipinski definition) is 2. The quantitative estimate of drug-likeness (QED) is 0.848. The highest BCUT2D eigenvalue weighted by Crippen LogP contribution is 2.29. The number of rotatable bonds is 5. The minimum atomic E-state index is -0.424. The van der Waals surface area contributed by atoms with Crippen molar-refractivity contribution in [3.8, 4) is 0 Å². The molecule has 1 N–H and O–H groups in total. The first-order valence-corrected chi connectivity index (χ1v) is 8.25. The van der Waals surface area contributed by atoms with Gasteiger partial charge in [0.25, 0.3) is 0 Å². The summed E-state index contributed by atoms with van der Waals surface area (Å²) in [5, 5.41) is 2.93. The molecule has 1 rings (SSSR count). The summed E-state index contributed by atoms with van der Waals surface area (Å²) in [5.74, 6) is 0.626. The van der Waals surface area contributed by atoms with Crippen molar-refractivity contribution in [2.75, 3.05) is 0 Å². The molecule has 1 heterocycles. The Morgan fingerprint density at radius 1 is 1.19 bits per heavy atom. The maximum absolute atomic E-state index is 12.9. The normalized spacial score (nSPS) is 26.5. The number of hydrogen-bond donors (Lipinski definition) is 1. The van der Waals surface area contributed by atoms with Crippen LogP contribution in [0.15, 0.2) is 0 Å². The molecule has 0 saturated carbocycles. The van der Waals surface area contributed by atoms with Crippen LogP contribution in [0.2, 0.25) is 0 Å². The zero-order valence-electron chi connectivity index (χ0n) is 14.7. The van der Waals surface area contributed by atoms with Crippen LogP contribution in [-0.4, -0.2) is 34.8 Å². The van der Waals surface area contributed by atoms with E-state index in [1.807, 2.05) is 32.6 Å². The van der Waals surface area contributed by atoms with E-state index in [4.69, 9.17) is 0 Å². The lowest BCUT2D eigenvalue weighted by molar-refractivity contribution is -0.155. The van der Waals surface area contributed by atoms with Gasteiger partial charge in [-0.3, -0.25) is 9.59 Å². The molecule has 0 radical (unpaired) electrons. The van der Waals surface area contributed by atoms with Crippen LogP contribution in [0.1, 0.15) is 67.7 Å². The third-order valence-corrected chi connectivity index (χ3v) is 4.59. The molecule has 122 valence electrons. The van der Waals surface area contributed by atoms with Gasteiger partial charge in [-0.05, 0) is 31.1 Å². The van der Waals surface area contributed by atoms with Crippen LogP contribution in [-0.2, 0) is 9.59 Å². The molecule has 0 spiro atoms. The second-order valence-electron chi connectivity index (χ2n) is 7.58. The number of carbonyl (C=O) groups is 2. The molecular weight excluding hydrogens is 264 g/mol. The van der Waals surface area contributed by atoms with E-state index in [-0.39, 0.29) is 29.3 Å². The molecule has 1 aliphatic heterocycles. The molecule has 1 fully saturated rings. The van der Waals surface area contributed by atoms with Crippen molar-refractivity contribution in [3.63, 3.8) is 0 Å². The summed E-state index contributed by atoms with van der Waals surface area (Å²) in [4.78, 5) is 27.2. The summed E-state index contributed by atoms with van der Waals surface area (Å²) in [6, 6.07) is -0.643.